The summed E-state index contributed by atoms with van der Waals surface area (Å²) in [6.45, 7) is 0. The fourth-order valence-corrected chi connectivity index (χ4v) is 2.79. The molecule has 0 aromatic carbocycles. The number of methoxy groups -OCH3 is 1. The van der Waals surface area contributed by atoms with Crippen molar-refractivity contribution in [3.05, 3.63) is 30.0 Å². The van der Waals surface area contributed by atoms with E-state index in [1.165, 1.54) is 25.7 Å². The van der Waals surface area contributed by atoms with Crippen molar-refractivity contribution in [1.82, 2.24) is 15.0 Å². The van der Waals surface area contributed by atoms with E-state index in [4.69, 9.17) is 9.72 Å². The van der Waals surface area contributed by atoms with Gasteiger partial charge in [0.15, 0.2) is 5.82 Å². The number of hydrogen-bond donors (Lipinski definition) is 1. The summed E-state index contributed by atoms with van der Waals surface area (Å²) < 4.78 is 5.18. The first-order valence-corrected chi connectivity index (χ1v) is 7.38. The van der Waals surface area contributed by atoms with Gasteiger partial charge in [0.05, 0.1) is 7.11 Å². The van der Waals surface area contributed by atoms with Crippen LogP contribution >= 0.6 is 0 Å². The predicted octanol–water partition coefficient (Wildman–Crippen LogP) is 3.25. The Kier molecular flexibility index (Phi) is 3.99. The monoisotopic (exact) mass is 284 g/mol. The number of ether oxygens (including phenoxy) is 1. The van der Waals surface area contributed by atoms with Gasteiger partial charge in [-0.1, -0.05) is 18.9 Å². The smallest absolute Gasteiger partial charge is 0.213 e. The number of rotatable bonds is 4. The van der Waals surface area contributed by atoms with E-state index >= 15 is 0 Å². The molecule has 0 radical (unpaired) electrons. The van der Waals surface area contributed by atoms with Gasteiger partial charge in [-0.3, -0.25) is 0 Å². The minimum Gasteiger partial charge on any atom is -0.481 e. The minimum atomic E-state index is 0.546. The normalized spacial score (nSPS) is 15.1. The third-order valence-corrected chi connectivity index (χ3v) is 3.94. The zero-order valence-electron chi connectivity index (χ0n) is 12.5. The van der Waals surface area contributed by atoms with Gasteiger partial charge in [0.2, 0.25) is 5.88 Å². The maximum atomic E-state index is 5.18. The van der Waals surface area contributed by atoms with Crippen LogP contribution in [0, 0.1) is 0 Å². The van der Waals surface area contributed by atoms with Crippen LogP contribution < -0.4 is 10.1 Å². The third kappa shape index (κ3) is 2.96. The van der Waals surface area contributed by atoms with E-state index in [1.807, 2.05) is 25.2 Å². The molecule has 0 unspecified atom stereocenters. The number of nitrogens with one attached hydrogen (secondary N) is 1. The second-order valence-electron chi connectivity index (χ2n) is 5.30. The molecule has 0 bridgehead atoms. The Morgan fingerprint density at radius 1 is 1.14 bits per heavy atom. The molecule has 0 atom stereocenters. The molecule has 110 valence electrons. The maximum absolute atomic E-state index is 5.18. The van der Waals surface area contributed by atoms with Crippen molar-refractivity contribution in [3.8, 4) is 17.4 Å². The van der Waals surface area contributed by atoms with Gasteiger partial charge in [-0.15, -0.1) is 0 Å². The number of pyridine rings is 1. The molecule has 0 amide bonds. The lowest BCUT2D eigenvalue weighted by atomic mass is 10.0. The Bertz CT molecular complexity index is 623. The molecule has 3 rings (SSSR count). The van der Waals surface area contributed by atoms with Crippen LogP contribution in [-0.4, -0.2) is 29.1 Å². The Balaban J connectivity index is 2.02. The highest BCUT2D eigenvalue weighted by Crippen LogP contribution is 2.34. The highest BCUT2D eigenvalue weighted by Gasteiger charge is 2.20. The summed E-state index contributed by atoms with van der Waals surface area (Å²) in [5.74, 6) is 2.62. The fraction of sp³-hybridized carbons (Fsp3) is 0.438. The van der Waals surface area contributed by atoms with Crippen LogP contribution in [0.2, 0.25) is 0 Å². The topological polar surface area (TPSA) is 59.9 Å². The lowest BCUT2D eigenvalue weighted by Gasteiger charge is -2.12. The average molecular weight is 284 g/mol. The fourth-order valence-electron chi connectivity index (χ4n) is 2.79. The van der Waals surface area contributed by atoms with Gasteiger partial charge in [-0.05, 0) is 18.9 Å². The molecule has 0 spiro atoms. The van der Waals surface area contributed by atoms with Gasteiger partial charge in [0.1, 0.15) is 11.5 Å². The summed E-state index contributed by atoms with van der Waals surface area (Å²) in [6, 6.07) is 7.70. The van der Waals surface area contributed by atoms with Crippen molar-refractivity contribution in [2.24, 2.45) is 0 Å². The van der Waals surface area contributed by atoms with Crippen LogP contribution in [0.4, 0.5) is 5.82 Å². The molecule has 1 N–H and O–H groups in total. The summed E-state index contributed by atoms with van der Waals surface area (Å²) in [7, 11) is 3.49. The lowest BCUT2D eigenvalue weighted by Crippen LogP contribution is -2.04. The summed E-state index contributed by atoms with van der Waals surface area (Å²) in [4.78, 5) is 13.7. The summed E-state index contributed by atoms with van der Waals surface area (Å²) >= 11 is 0. The van der Waals surface area contributed by atoms with Crippen molar-refractivity contribution in [2.75, 3.05) is 19.5 Å². The zero-order chi connectivity index (χ0) is 14.7. The van der Waals surface area contributed by atoms with E-state index in [-0.39, 0.29) is 0 Å². The molecule has 0 aliphatic heterocycles. The van der Waals surface area contributed by atoms with Gasteiger partial charge >= 0.3 is 0 Å². The highest BCUT2D eigenvalue weighted by molar-refractivity contribution is 5.54. The van der Waals surface area contributed by atoms with Gasteiger partial charge in [0, 0.05) is 30.8 Å². The van der Waals surface area contributed by atoms with Crippen LogP contribution in [0.3, 0.4) is 0 Å². The molecule has 2 aromatic rings. The quantitative estimate of drug-likeness (QED) is 0.934. The number of hydrogen-bond acceptors (Lipinski definition) is 5. The van der Waals surface area contributed by atoms with Gasteiger partial charge in [-0.25, -0.2) is 15.0 Å². The highest BCUT2D eigenvalue weighted by atomic mass is 16.5. The number of anilines is 1. The standard InChI is InChI=1S/C16H20N4O/c1-17-14-10-13(11-6-3-4-7-11)19-16(20-14)12-8-5-9-15(18-12)21-2/h5,8-11H,3-4,6-7H2,1-2H3,(H,17,19,20). The van der Waals surface area contributed by atoms with E-state index in [1.54, 1.807) is 7.11 Å². The van der Waals surface area contributed by atoms with E-state index < -0.39 is 0 Å². The summed E-state index contributed by atoms with van der Waals surface area (Å²) in [6.07, 6.45) is 5.00. The molecule has 1 fully saturated rings. The first-order chi connectivity index (χ1) is 10.3. The first kappa shape index (κ1) is 13.8. The van der Waals surface area contributed by atoms with Gasteiger partial charge < -0.3 is 10.1 Å². The Morgan fingerprint density at radius 2 is 1.95 bits per heavy atom. The maximum Gasteiger partial charge on any atom is 0.213 e. The van der Waals surface area contributed by atoms with Crippen LogP contribution in [0.5, 0.6) is 5.88 Å². The zero-order valence-corrected chi connectivity index (χ0v) is 12.5. The molecule has 1 aliphatic carbocycles. The molecule has 1 saturated carbocycles. The molecule has 1 aliphatic rings. The molecule has 21 heavy (non-hydrogen) atoms. The van der Waals surface area contributed by atoms with Crippen LogP contribution in [0.15, 0.2) is 24.3 Å². The van der Waals surface area contributed by atoms with Crippen LogP contribution in [0.25, 0.3) is 11.5 Å². The Labute approximate surface area is 124 Å². The minimum absolute atomic E-state index is 0.546. The van der Waals surface area contributed by atoms with Gasteiger partial charge in [-0.2, -0.15) is 0 Å². The predicted molar refractivity (Wildman–Crippen MR) is 82.6 cm³/mol. The van der Waals surface area contributed by atoms with E-state index in [9.17, 15) is 0 Å². The number of nitrogens with zero attached hydrogens (tertiary/aromatic N) is 3. The first-order valence-electron chi connectivity index (χ1n) is 7.38. The average Bonchev–Trinajstić information content (AvgIpc) is 3.09. The molecule has 2 aromatic heterocycles. The van der Waals surface area contributed by atoms with Gasteiger partial charge in [0.25, 0.3) is 0 Å². The molecular formula is C16H20N4O. The van der Waals surface area contributed by atoms with Crippen LogP contribution in [0.1, 0.15) is 37.3 Å². The van der Waals surface area contributed by atoms with E-state index in [2.05, 4.69) is 21.4 Å². The molecule has 2 heterocycles. The van der Waals surface area contributed by atoms with Crippen molar-refractivity contribution >= 4 is 5.82 Å². The molecule has 5 heteroatoms. The summed E-state index contributed by atoms with van der Waals surface area (Å²) in [5, 5.41) is 3.12. The summed E-state index contributed by atoms with van der Waals surface area (Å²) in [5.41, 5.74) is 1.86. The van der Waals surface area contributed by atoms with E-state index in [0.717, 1.165) is 17.2 Å². The van der Waals surface area contributed by atoms with E-state index in [0.29, 0.717) is 17.6 Å². The van der Waals surface area contributed by atoms with Crippen molar-refractivity contribution < 1.29 is 4.74 Å². The second kappa shape index (κ2) is 6.08. The molecular weight excluding hydrogens is 264 g/mol. The van der Waals surface area contributed by atoms with Crippen molar-refractivity contribution in [2.45, 2.75) is 31.6 Å². The largest absolute Gasteiger partial charge is 0.481 e. The van der Waals surface area contributed by atoms with Crippen LogP contribution in [-0.2, 0) is 0 Å². The second-order valence-corrected chi connectivity index (χ2v) is 5.30. The molecule has 0 saturated heterocycles. The van der Waals surface area contributed by atoms with Crippen molar-refractivity contribution in [3.63, 3.8) is 0 Å². The Hall–Kier alpha value is -2.17. The number of aromatic nitrogens is 3. The lowest BCUT2D eigenvalue weighted by molar-refractivity contribution is 0.398. The SMILES string of the molecule is CNc1cc(C2CCCC2)nc(-c2cccc(OC)n2)n1. The third-order valence-electron chi connectivity index (χ3n) is 3.94. The van der Waals surface area contributed by atoms with Crippen molar-refractivity contribution in [1.29, 1.82) is 0 Å². The molecule has 5 nitrogen and oxygen atoms in total. The Morgan fingerprint density at radius 3 is 2.67 bits per heavy atom.